The van der Waals surface area contributed by atoms with E-state index in [9.17, 15) is 14.4 Å². The number of aromatic nitrogens is 3. The number of benzene rings is 1. The molecule has 4 rings (SSSR count). The molecule has 152 valence electrons. The van der Waals surface area contributed by atoms with E-state index in [4.69, 9.17) is 0 Å². The van der Waals surface area contributed by atoms with Gasteiger partial charge < -0.3 is 5.32 Å². The molecule has 1 amide bonds. The second-order valence-electron chi connectivity index (χ2n) is 7.01. The Morgan fingerprint density at radius 2 is 1.83 bits per heavy atom. The lowest BCUT2D eigenvalue weighted by molar-refractivity contribution is 0.0954. The van der Waals surface area contributed by atoms with Gasteiger partial charge in [0, 0.05) is 17.5 Å². The third kappa shape index (κ3) is 3.81. The number of fused-ring (bicyclic) bond motifs is 1. The Morgan fingerprint density at radius 3 is 2.57 bits per heavy atom. The summed E-state index contributed by atoms with van der Waals surface area (Å²) < 4.78 is 2.58. The van der Waals surface area contributed by atoms with Gasteiger partial charge in [0.05, 0.1) is 18.8 Å². The SMILES string of the molecule is Cc1cccc(CNC(=O)c2cn3c(=O)n(Cc4ccccc4)c(=O)c(C)c3s2)n1. The van der Waals surface area contributed by atoms with Crippen LogP contribution < -0.4 is 16.6 Å². The maximum Gasteiger partial charge on any atom is 0.336 e. The minimum absolute atomic E-state index is 0.179. The number of hydrogen-bond donors (Lipinski definition) is 1. The van der Waals surface area contributed by atoms with Gasteiger partial charge in [-0.1, -0.05) is 36.4 Å². The van der Waals surface area contributed by atoms with Crippen LogP contribution in [0, 0.1) is 13.8 Å². The molecule has 8 heteroatoms. The van der Waals surface area contributed by atoms with E-state index in [0.29, 0.717) is 15.3 Å². The molecule has 0 fully saturated rings. The zero-order chi connectivity index (χ0) is 21.3. The van der Waals surface area contributed by atoms with Crippen LogP contribution in [0.5, 0.6) is 0 Å². The predicted molar refractivity (Wildman–Crippen MR) is 116 cm³/mol. The normalized spacial score (nSPS) is 11.0. The van der Waals surface area contributed by atoms with Gasteiger partial charge in [0.15, 0.2) is 0 Å². The molecule has 1 aromatic carbocycles. The van der Waals surface area contributed by atoms with Crippen LogP contribution in [-0.4, -0.2) is 19.9 Å². The van der Waals surface area contributed by atoms with Crippen LogP contribution >= 0.6 is 11.3 Å². The average molecular weight is 420 g/mol. The van der Waals surface area contributed by atoms with E-state index in [2.05, 4.69) is 10.3 Å². The topological polar surface area (TPSA) is 85.5 Å². The molecule has 0 spiro atoms. The highest BCUT2D eigenvalue weighted by Gasteiger charge is 2.17. The highest BCUT2D eigenvalue weighted by Crippen LogP contribution is 2.18. The van der Waals surface area contributed by atoms with E-state index in [1.165, 1.54) is 15.2 Å². The number of hydrogen-bond acceptors (Lipinski definition) is 5. The Balaban J connectivity index is 1.66. The summed E-state index contributed by atoms with van der Waals surface area (Å²) in [7, 11) is 0. The number of carbonyl (C=O) groups is 1. The molecule has 1 N–H and O–H groups in total. The summed E-state index contributed by atoms with van der Waals surface area (Å²) >= 11 is 1.13. The Bertz CT molecular complexity index is 1350. The van der Waals surface area contributed by atoms with Gasteiger partial charge in [-0.2, -0.15) is 0 Å². The van der Waals surface area contributed by atoms with Crippen LogP contribution in [0.2, 0.25) is 0 Å². The molecule has 0 bridgehead atoms. The third-order valence-corrected chi connectivity index (χ3v) is 5.99. The predicted octanol–water partition coefficient (Wildman–Crippen LogP) is 2.51. The van der Waals surface area contributed by atoms with E-state index in [0.717, 1.165) is 28.3 Å². The molecule has 4 aromatic rings. The standard InChI is InChI=1S/C22H20N4O3S/c1-14-7-6-10-17(24-14)11-23-19(27)18-13-26-21(30-18)15(2)20(28)25(22(26)29)12-16-8-4-3-5-9-16/h3-10,13H,11-12H2,1-2H3,(H,23,27). The van der Waals surface area contributed by atoms with E-state index >= 15 is 0 Å². The van der Waals surface area contributed by atoms with Crippen LogP contribution in [-0.2, 0) is 13.1 Å². The molecular formula is C22H20N4O3S. The van der Waals surface area contributed by atoms with Crippen molar-refractivity contribution in [1.29, 1.82) is 0 Å². The summed E-state index contributed by atoms with van der Waals surface area (Å²) in [5.41, 5.74) is 2.11. The Morgan fingerprint density at radius 1 is 1.07 bits per heavy atom. The third-order valence-electron chi connectivity index (χ3n) is 4.78. The molecule has 0 aliphatic rings. The van der Waals surface area contributed by atoms with Crippen molar-refractivity contribution in [2.45, 2.75) is 26.9 Å². The average Bonchev–Trinajstić information content (AvgIpc) is 3.20. The van der Waals surface area contributed by atoms with Gasteiger partial charge >= 0.3 is 5.69 Å². The number of aryl methyl sites for hydroxylation is 2. The highest BCUT2D eigenvalue weighted by molar-refractivity contribution is 7.19. The second kappa shape index (κ2) is 8.08. The van der Waals surface area contributed by atoms with Crippen molar-refractivity contribution in [2.24, 2.45) is 0 Å². The number of nitrogens with one attached hydrogen (secondary N) is 1. The van der Waals surface area contributed by atoms with Crippen molar-refractivity contribution in [3.05, 3.63) is 103 Å². The number of pyridine rings is 1. The van der Waals surface area contributed by atoms with Crippen molar-refractivity contribution in [3.8, 4) is 0 Å². The summed E-state index contributed by atoms with van der Waals surface area (Å²) in [6.07, 6.45) is 1.50. The van der Waals surface area contributed by atoms with Crippen LogP contribution in [0.15, 0.2) is 64.3 Å². The first-order chi connectivity index (χ1) is 14.4. The summed E-state index contributed by atoms with van der Waals surface area (Å²) in [6.45, 7) is 4.02. The van der Waals surface area contributed by atoms with Gasteiger partial charge in [0.1, 0.15) is 9.71 Å². The summed E-state index contributed by atoms with van der Waals surface area (Å²) in [5.74, 6) is -0.312. The first-order valence-corrected chi connectivity index (χ1v) is 10.3. The van der Waals surface area contributed by atoms with E-state index < -0.39 is 5.69 Å². The molecule has 0 aliphatic carbocycles. The van der Waals surface area contributed by atoms with Crippen LogP contribution in [0.1, 0.15) is 32.2 Å². The van der Waals surface area contributed by atoms with Crippen LogP contribution in [0.4, 0.5) is 0 Å². The van der Waals surface area contributed by atoms with Gasteiger partial charge in [-0.05, 0) is 31.5 Å². The fourth-order valence-electron chi connectivity index (χ4n) is 3.23. The molecule has 3 aromatic heterocycles. The molecule has 0 saturated heterocycles. The van der Waals surface area contributed by atoms with Gasteiger partial charge in [-0.25, -0.2) is 4.79 Å². The lowest BCUT2D eigenvalue weighted by atomic mass is 10.2. The molecule has 7 nitrogen and oxygen atoms in total. The van der Waals surface area contributed by atoms with Crippen molar-refractivity contribution >= 4 is 22.1 Å². The summed E-state index contributed by atoms with van der Waals surface area (Å²) in [4.78, 5) is 43.6. The van der Waals surface area contributed by atoms with Crippen molar-refractivity contribution < 1.29 is 4.79 Å². The second-order valence-corrected chi connectivity index (χ2v) is 8.04. The Labute approximate surface area is 176 Å². The zero-order valence-electron chi connectivity index (χ0n) is 16.6. The van der Waals surface area contributed by atoms with Crippen LogP contribution in [0.25, 0.3) is 4.83 Å². The van der Waals surface area contributed by atoms with E-state index in [-0.39, 0.29) is 24.6 Å². The molecule has 0 aliphatic heterocycles. The Hall–Kier alpha value is -3.52. The maximum atomic E-state index is 12.9. The summed E-state index contributed by atoms with van der Waals surface area (Å²) in [6, 6.07) is 14.9. The molecular weight excluding hydrogens is 400 g/mol. The Kier molecular flexibility index (Phi) is 5.33. The fraction of sp³-hybridized carbons (Fsp3) is 0.182. The zero-order valence-corrected chi connectivity index (χ0v) is 17.4. The quantitative estimate of drug-likeness (QED) is 0.538. The molecule has 30 heavy (non-hydrogen) atoms. The number of rotatable bonds is 5. The number of nitrogens with zero attached hydrogens (tertiary/aromatic N) is 3. The van der Waals surface area contributed by atoms with Gasteiger partial charge in [0.25, 0.3) is 11.5 Å². The van der Waals surface area contributed by atoms with Gasteiger partial charge in [-0.3, -0.25) is 23.5 Å². The highest BCUT2D eigenvalue weighted by atomic mass is 32.1. The number of amides is 1. The molecule has 0 saturated carbocycles. The van der Waals surface area contributed by atoms with Crippen molar-refractivity contribution in [2.75, 3.05) is 0 Å². The first-order valence-electron chi connectivity index (χ1n) is 9.44. The van der Waals surface area contributed by atoms with Crippen LogP contribution in [0.3, 0.4) is 0 Å². The lowest BCUT2D eigenvalue weighted by Crippen LogP contribution is -2.38. The smallest absolute Gasteiger partial charge is 0.336 e. The number of thiazole rings is 1. The van der Waals surface area contributed by atoms with Gasteiger partial charge in [-0.15, -0.1) is 11.3 Å². The number of carbonyl (C=O) groups excluding carboxylic acids is 1. The van der Waals surface area contributed by atoms with Crippen molar-refractivity contribution in [1.82, 2.24) is 19.3 Å². The summed E-state index contributed by atoms with van der Waals surface area (Å²) in [5, 5.41) is 2.82. The largest absolute Gasteiger partial charge is 0.346 e. The first kappa shape index (κ1) is 19.8. The lowest BCUT2D eigenvalue weighted by Gasteiger charge is -2.07. The molecule has 0 atom stereocenters. The minimum atomic E-state index is -0.458. The molecule has 0 radical (unpaired) electrons. The fourth-order valence-corrected chi connectivity index (χ4v) is 4.23. The molecule has 3 heterocycles. The minimum Gasteiger partial charge on any atom is -0.346 e. The van der Waals surface area contributed by atoms with E-state index in [1.807, 2.05) is 55.5 Å². The monoisotopic (exact) mass is 420 g/mol. The van der Waals surface area contributed by atoms with Gasteiger partial charge in [0.2, 0.25) is 0 Å². The maximum absolute atomic E-state index is 12.9. The molecule has 0 unspecified atom stereocenters. The van der Waals surface area contributed by atoms with E-state index in [1.54, 1.807) is 6.92 Å². The van der Waals surface area contributed by atoms with Crippen molar-refractivity contribution in [3.63, 3.8) is 0 Å².